The van der Waals surface area contributed by atoms with Gasteiger partial charge in [-0.15, -0.1) is 11.3 Å². The van der Waals surface area contributed by atoms with Gasteiger partial charge in [0.25, 0.3) is 5.91 Å². The van der Waals surface area contributed by atoms with E-state index in [9.17, 15) is 9.59 Å². The summed E-state index contributed by atoms with van der Waals surface area (Å²) in [5, 5.41) is 0. The van der Waals surface area contributed by atoms with E-state index >= 15 is 0 Å². The Kier molecular flexibility index (Phi) is 4.69. The highest BCUT2D eigenvalue weighted by Gasteiger charge is 2.20. The molecular formula is C12H17NO3S. The highest BCUT2D eigenvalue weighted by molar-refractivity contribution is 7.13. The van der Waals surface area contributed by atoms with Gasteiger partial charge in [-0.1, -0.05) is 6.92 Å². The van der Waals surface area contributed by atoms with Gasteiger partial charge >= 0.3 is 5.97 Å². The zero-order valence-electron chi connectivity index (χ0n) is 10.5. The summed E-state index contributed by atoms with van der Waals surface area (Å²) in [7, 11) is 3.04. The van der Waals surface area contributed by atoms with Crippen molar-refractivity contribution in [3.63, 3.8) is 0 Å². The Morgan fingerprint density at radius 2 is 2.12 bits per heavy atom. The van der Waals surface area contributed by atoms with Crippen LogP contribution in [0, 0.1) is 12.8 Å². The average molecular weight is 255 g/mol. The van der Waals surface area contributed by atoms with Crippen LogP contribution in [0.25, 0.3) is 0 Å². The molecule has 1 atom stereocenters. The maximum Gasteiger partial charge on any atom is 0.310 e. The highest BCUT2D eigenvalue weighted by atomic mass is 32.1. The van der Waals surface area contributed by atoms with Gasteiger partial charge in [0.1, 0.15) is 0 Å². The van der Waals surface area contributed by atoms with Crippen LogP contribution in [0.1, 0.15) is 21.5 Å². The minimum absolute atomic E-state index is 0.0566. The molecule has 94 valence electrons. The second kappa shape index (κ2) is 5.82. The molecule has 1 aromatic heterocycles. The fraction of sp³-hybridized carbons (Fsp3) is 0.500. The van der Waals surface area contributed by atoms with E-state index in [0.717, 1.165) is 4.88 Å². The standard InChI is InChI=1S/C12H17NO3S/c1-8(12(15)16-4)7-13(3)11(14)10-6-5-9(2)17-10/h5-6,8H,7H2,1-4H3. The Labute approximate surface area is 105 Å². The predicted molar refractivity (Wildman–Crippen MR) is 67.2 cm³/mol. The molecule has 1 rings (SSSR count). The summed E-state index contributed by atoms with van der Waals surface area (Å²) in [5.74, 6) is -0.666. The molecule has 0 radical (unpaired) electrons. The normalized spacial score (nSPS) is 12.0. The van der Waals surface area contributed by atoms with Gasteiger partial charge in [-0.3, -0.25) is 9.59 Å². The quantitative estimate of drug-likeness (QED) is 0.772. The lowest BCUT2D eigenvalue weighted by atomic mass is 10.2. The molecule has 0 spiro atoms. The van der Waals surface area contributed by atoms with Crippen LogP contribution in [0.4, 0.5) is 0 Å². The van der Waals surface area contributed by atoms with Crippen molar-refractivity contribution in [3.05, 3.63) is 21.9 Å². The number of ether oxygens (including phenoxy) is 1. The first-order valence-corrected chi connectivity index (χ1v) is 6.17. The van der Waals surface area contributed by atoms with Crippen molar-refractivity contribution in [3.8, 4) is 0 Å². The van der Waals surface area contributed by atoms with Crippen LogP contribution in [0.5, 0.6) is 0 Å². The molecule has 0 saturated heterocycles. The third-order valence-corrected chi connectivity index (χ3v) is 3.44. The smallest absolute Gasteiger partial charge is 0.310 e. The molecule has 1 amide bonds. The zero-order chi connectivity index (χ0) is 13.0. The average Bonchev–Trinajstić information content (AvgIpc) is 2.73. The number of aryl methyl sites for hydroxylation is 1. The maximum absolute atomic E-state index is 12.0. The molecule has 1 aromatic rings. The van der Waals surface area contributed by atoms with Crippen LogP contribution in [0.3, 0.4) is 0 Å². The van der Waals surface area contributed by atoms with Crippen LogP contribution >= 0.6 is 11.3 Å². The van der Waals surface area contributed by atoms with Crippen molar-refractivity contribution < 1.29 is 14.3 Å². The molecule has 4 nitrogen and oxygen atoms in total. The second-order valence-electron chi connectivity index (χ2n) is 4.02. The number of amides is 1. The molecule has 0 bridgehead atoms. The number of carbonyl (C=O) groups is 2. The van der Waals surface area contributed by atoms with Crippen molar-refractivity contribution in [2.45, 2.75) is 13.8 Å². The number of thiophene rings is 1. The Morgan fingerprint density at radius 1 is 1.47 bits per heavy atom. The van der Waals surface area contributed by atoms with Crippen molar-refractivity contribution in [2.24, 2.45) is 5.92 Å². The Morgan fingerprint density at radius 3 is 2.59 bits per heavy atom. The van der Waals surface area contributed by atoms with Crippen LogP contribution in [0.2, 0.25) is 0 Å². The van der Waals surface area contributed by atoms with Gasteiger partial charge in [0.05, 0.1) is 17.9 Å². The number of esters is 1. The molecule has 1 unspecified atom stereocenters. The Hall–Kier alpha value is -1.36. The van der Waals surface area contributed by atoms with Gasteiger partial charge < -0.3 is 9.64 Å². The van der Waals surface area contributed by atoms with E-state index in [-0.39, 0.29) is 17.8 Å². The van der Waals surface area contributed by atoms with Crippen molar-refractivity contribution in [2.75, 3.05) is 20.7 Å². The molecule has 0 aliphatic rings. The van der Waals surface area contributed by atoms with Crippen LogP contribution < -0.4 is 0 Å². The number of carbonyl (C=O) groups excluding carboxylic acids is 2. The van der Waals surface area contributed by atoms with Crippen molar-refractivity contribution in [1.29, 1.82) is 0 Å². The van der Waals surface area contributed by atoms with Crippen LogP contribution in [-0.4, -0.2) is 37.5 Å². The molecule has 0 fully saturated rings. The highest BCUT2D eigenvalue weighted by Crippen LogP contribution is 2.17. The first-order valence-electron chi connectivity index (χ1n) is 5.35. The SMILES string of the molecule is COC(=O)C(C)CN(C)C(=O)c1ccc(C)s1. The van der Waals surface area contributed by atoms with E-state index in [1.54, 1.807) is 18.9 Å². The minimum Gasteiger partial charge on any atom is -0.469 e. The third kappa shape index (κ3) is 3.56. The number of rotatable bonds is 4. The third-order valence-electron chi connectivity index (χ3n) is 2.45. The van der Waals surface area contributed by atoms with E-state index < -0.39 is 0 Å². The van der Waals surface area contributed by atoms with Crippen LogP contribution in [0.15, 0.2) is 12.1 Å². The van der Waals surface area contributed by atoms with E-state index in [1.807, 2.05) is 19.1 Å². The zero-order valence-corrected chi connectivity index (χ0v) is 11.3. The maximum atomic E-state index is 12.0. The fourth-order valence-electron chi connectivity index (χ4n) is 1.51. The fourth-order valence-corrected chi connectivity index (χ4v) is 2.37. The summed E-state index contributed by atoms with van der Waals surface area (Å²) in [6, 6.07) is 3.72. The first kappa shape index (κ1) is 13.7. The van der Waals surface area contributed by atoms with Gasteiger partial charge in [-0.25, -0.2) is 0 Å². The summed E-state index contributed by atoms with van der Waals surface area (Å²) < 4.78 is 4.63. The lowest BCUT2D eigenvalue weighted by Crippen LogP contribution is -2.33. The first-order chi connectivity index (χ1) is 7.95. The number of methoxy groups -OCH3 is 1. The molecule has 0 aliphatic heterocycles. The van der Waals surface area contributed by atoms with Crippen LogP contribution in [-0.2, 0) is 9.53 Å². The summed E-state index contributed by atoms with van der Waals surface area (Å²) in [6.07, 6.45) is 0. The summed E-state index contributed by atoms with van der Waals surface area (Å²) in [6.45, 7) is 4.07. The molecule has 17 heavy (non-hydrogen) atoms. The van der Waals surface area contributed by atoms with E-state index in [2.05, 4.69) is 4.74 Å². The van der Waals surface area contributed by atoms with E-state index in [0.29, 0.717) is 11.4 Å². The summed E-state index contributed by atoms with van der Waals surface area (Å²) in [4.78, 5) is 26.6. The van der Waals surface area contributed by atoms with Crippen molar-refractivity contribution in [1.82, 2.24) is 4.90 Å². The second-order valence-corrected chi connectivity index (χ2v) is 5.31. The lowest BCUT2D eigenvalue weighted by Gasteiger charge is -2.19. The van der Waals surface area contributed by atoms with Gasteiger partial charge in [-0.05, 0) is 19.1 Å². The number of nitrogens with zero attached hydrogens (tertiary/aromatic N) is 1. The Bertz CT molecular complexity index is 414. The largest absolute Gasteiger partial charge is 0.469 e. The topological polar surface area (TPSA) is 46.6 Å². The molecule has 0 saturated carbocycles. The van der Waals surface area contributed by atoms with Gasteiger partial charge in [0, 0.05) is 18.5 Å². The molecule has 0 aliphatic carbocycles. The summed E-state index contributed by atoms with van der Waals surface area (Å²) >= 11 is 1.46. The van der Waals surface area contributed by atoms with Crippen molar-refractivity contribution >= 4 is 23.2 Å². The van der Waals surface area contributed by atoms with E-state index in [1.165, 1.54) is 18.4 Å². The summed E-state index contributed by atoms with van der Waals surface area (Å²) in [5.41, 5.74) is 0. The molecule has 1 heterocycles. The lowest BCUT2D eigenvalue weighted by molar-refractivity contribution is -0.145. The number of hydrogen-bond donors (Lipinski definition) is 0. The molecular weight excluding hydrogens is 238 g/mol. The molecule has 0 aromatic carbocycles. The predicted octanol–water partition coefficient (Wildman–Crippen LogP) is 1.94. The monoisotopic (exact) mass is 255 g/mol. The Balaban J connectivity index is 2.62. The van der Waals surface area contributed by atoms with E-state index in [4.69, 9.17) is 0 Å². The van der Waals surface area contributed by atoms with Gasteiger partial charge in [-0.2, -0.15) is 0 Å². The van der Waals surface area contributed by atoms with Gasteiger partial charge in [0.15, 0.2) is 0 Å². The van der Waals surface area contributed by atoms with Gasteiger partial charge in [0.2, 0.25) is 0 Å². The molecule has 5 heteroatoms. The number of hydrogen-bond acceptors (Lipinski definition) is 4. The minimum atomic E-state index is -0.310. The molecule has 0 N–H and O–H groups in total.